The van der Waals surface area contributed by atoms with Crippen molar-refractivity contribution >= 4 is 15.9 Å². The predicted molar refractivity (Wildman–Crippen MR) is 107 cm³/mol. The van der Waals surface area contributed by atoms with E-state index in [9.17, 15) is 0 Å². The molecule has 2 aromatic carbocycles. The quantitative estimate of drug-likeness (QED) is 0.647. The lowest BCUT2D eigenvalue weighted by Gasteiger charge is -2.21. The second-order valence-electron chi connectivity index (χ2n) is 7.22. The summed E-state index contributed by atoms with van der Waals surface area (Å²) in [5.41, 5.74) is 3.60. The maximum absolute atomic E-state index is 6.07. The summed E-state index contributed by atoms with van der Waals surface area (Å²) in [6, 6.07) is 12.5. The van der Waals surface area contributed by atoms with Crippen molar-refractivity contribution in [1.82, 2.24) is 5.32 Å². The van der Waals surface area contributed by atoms with Crippen molar-refractivity contribution in [3.8, 4) is 11.5 Å². The SMILES string of the molecule is CCOc1cc(CNC(C)(C)C)cc(Br)c1OCc1cccc(C)c1. The second kappa shape index (κ2) is 8.72. The fraction of sp³-hybridized carbons (Fsp3) is 0.429. The monoisotopic (exact) mass is 405 g/mol. The Hall–Kier alpha value is -1.52. The van der Waals surface area contributed by atoms with Crippen molar-refractivity contribution in [2.75, 3.05) is 6.61 Å². The van der Waals surface area contributed by atoms with Gasteiger partial charge in [0.15, 0.2) is 11.5 Å². The van der Waals surface area contributed by atoms with Crippen molar-refractivity contribution in [2.24, 2.45) is 0 Å². The van der Waals surface area contributed by atoms with E-state index in [0.29, 0.717) is 13.2 Å². The Morgan fingerprint density at radius 2 is 1.80 bits per heavy atom. The van der Waals surface area contributed by atoms with Gasteiger partial charge in [0, 0.05) is 12.1 Å². The van der Waals surface area contributed by atoms with Crippen molar-refractivity contribution in [2.45, 2.75) is 53.3 Å². The van der Waals surface area contributed by atoms with Crippen molar-refractivity contribution in [3.05, 3.63) is 57.6 Å². The Kier molecular flexibility index (Phi) is 6.91. The lowest BCUT2D eigenvalue weighted by molar-refractivity contribution is 0.267. The molecule has 2 aromatic rings. The molecule has 0 spiro atoms. The zero-order valence-corrected chi connectivity index (χ0v) is 17.4. The molecule has 0 unspecified atom stereocenters. The van der Waals surface area contributed by atoms with Crippen LogP contribution in [-0.4, -0.2) is 12.1 Å². The van der Waals surface area contributed by atoms with Gasteiger partial charge in [0.05, 0.1) is 11.1 Å². The number of halogens is 1. The normalized spacial score (nSPS) is 11.4. The molecule has 0 aliphatic rings. The van der Waals surface area contributed by atoms with Crippen molar-refractivity contribution in [3.63, 3.8) is 0 Å². The Morgan fingerprint density at radius 3 is 2.44 bits per heavy atom. The molecule has 0 radical (unpaired) electrons. The molecule has 0 heterocycles. The third-order valence-electron chi connectivity index (χ3n) is 3.66. The molecule has 0 saturated heterocycles. The number of aryl methyl sites for hydroxylation is 1. The van der Waals surface area contributed by atoms with Crippen LogP contribution in [0.3, 0.4) is 0 Å². The average Bonchev–Trinajstić information content (AvgIpc) is 2.52. The highest BCUT2D eigenvalue weighted by Gasteiger charge is 2.14. The van der Waals surface area contributed by atoms with Gasteiger partial charge in [-0.05, 0) is 73.8 Å². The minimum Gasteiger partial charge on any atom is -0.490 e. The van der Waals surface area contributed by atoms with Crippen molar-refractivity contribution < 1.29 is 9.47 Å². The van der Waals surface area contributed by atoms with Crippen LogP contribution in [0.25, 0.3) is 0 Å². The molecule has 0 aliphatic heterocycles. The van der Waals surface area contributed by atoms with Gasteiger partial charge in [0.1, 0.15) is 6.61 Å². The van der Waals surface area contributed by atoms with Gasteiger partial charge in [0.25, 0.3) is 0 Å². The predicted octanol–water partition coefficient (Wildman–Crippen LogP) is 5.62. The summed E-state index contributed by atoms with van der Waals surface area (Å²) in [6.45, 7) is 12.4. The van der Waals surface area contributed by atoms with Crippen LogP contribution in [0.1, 0.15) is 44.4 Å². The molecule has 4 heteroatoms. The Labute approximate surface area is 159 Å². The highest BCUT2D eigenvalue weighted by molar-refractivity contribution is 9.10. The fourth-order valence-electron chi connectivity index (χ4n) is 2.45. The van der Waals surface area contributed by atoms with E-state index in [0.717, 1.165) is 33.6 Å². The minimum atomic E-state index is 0.0680. The maximum Gasteiger partial charge on any atom is 0.175 e. The second-order valence-corrected chi connectivity index (χ2v) is 8.07. The first kappa shape index (κ1) is 19.8. The Balaban J connectivity index is 2.18. The lowest BCUT2D eigenvalue weighted by atomic mass is 10.1. The number of nitrogens with one attached hydrogen (secondary N) is 1. The van der Waals surface area contributed by atoms with Gasteiger partial charge >= 0.3 is 0 Å². The summed E-state index contributed by atoms with van der Waals surface area (Å²) in [5.74, 6) is 1.53. The molecular formula is C21H28BrNO2. The summed E-state index contributed by atoms with van der Waals surface area (Å²) < 4.78 is 12.8. The topological polar surface area (TPSA) is 30.5 Å². The first-order chi connectivity index (χ1) is 11.8. The van der Waals surface area contributed by atoms with Gasteiger partial charge in [-0.3, -0.25) is 0 Å². The van der Waals surface area contributed by atoms with Gasteiger partial charge in [-0.2, -0.15) is 0 Å². The third-order valence-corrected chi connectivity index (χ3v) is 4.25. The molecule has 0 atom stereocenters. The van der Waals surface area contributed by atoms with Crippen LogP contribution in [0.2, 0.25) is 0 Å². The van der Waals surface area contributed by atoms with E-state index in [1.807, 2.05) is 13.0 Å². The van der Waals surface area contributed by atoms with Crippen LogP contribution in [0.15, 0.2) is 40.9 Å². The zero-order chi connectivity index (χ0) is 18.4. The molecule has 3 nitrogen and oxygen atoms in total. The summed E-state index contributed by atoms with van der Waals surface area (Å²) >= 11 is 3.64. The smallest absolute Gasteiger partial charge is 0.175 e. The van der Waals surface area contributed by atoms with E-state index < -0.39 is 0 Å². The third kappa shape index (κ3) is 6.37. The number of rotatable bonds is 7. The first-order valence-electron chi connectivity index (χ1n) is 8.67. The summed E-state index contributed by atoms with van der Waals surface area (Å²) in [6.07, 6.45) is 0. The van der Waals surface area contributed by atoms with E-state index in [2.05, 4.69) is 79.3 Å². The first-order valence-corrected chi connectivity index (χ1v) is 9.46. The van der Waals surface area contributed by atoms with E-state index in [1.54, 1.807) is 0 Å². The number of benzene rings is 2. The molecule has 0 amide bonds. The van der Waals surface area contributed by atoms with Gasteiger partial charge in [-0.1, -0.05) is 29.8 Å². The van der Waals surface area contributed by atoms with Crippen LogP contribution >= 0.6 is 15.9 Å². The van der Waals surface area contributed by atoms with E-state index in [4.69, 9.17) is 9.47 Å². The van der Waals surface area contributed by atoms with Gasteiger partial charge in [-0.15, -0.1) is 0 Å². The molecule has 0 fully saturated rings. The van der Waals surface area contributed by atoms with Gasteiger partial charge in [-0.25, -0.2) is 0 Å². The highest BCUT2D eigenvalue weighted by Crippen LogP contribution is 2.37. The van der Waals surface area contributed by atoms with E-state index in [1.165, 1.54) is 5.56 Å². The number of ether oxygens (including phenoxy) is 2. The molecule has 25 heavy (non-hydrogen) atoms. The molecule has 136 valence electrons. The summed E-state index contributed by atoms with van der Waals surface area (Å²) in [7, 11) is 0. The van der Waals surface area contributed by atoms with Gasteiger partial charge < -0.3 is 14.8 Å². The van der Waals surface area contributed by atoms with E-state index in [-0.39, 0.29) is 5.54 Å². The van der Waals surface area contributed by atoms with Crippen LogP contribution in [0, 0.1) is 6.92 Å². The number of hydrogen-bond acceptors (Lipinski definition) is 3. The number of hydrogen-bond donors (Lipinski definition) is 1. The molecule has 1 N–H and O–H groups in total. The lowest BCUT2D eigenvalue weighted by Crippen LogP contribution is -2.35. The highest BCUT2D eigenvalue weighted by atomic mass is 79.9. The molecule has 0 saturated carbocycles. The summed E-state index contributed by atoms with van der Waals surface area (Å²) in [4.78, 5) is 0. The van der Waals surface area contributed by atoms with Crippen LogP contribution < -0.4 is 14.8 Å². The molecule has 0 bridgehead atoms. The standard InChI is InChI=1S/C21H28BrNO2/c1-6-24-19-12-17(13-23-21(3,4)5)11-18(22)20(19)25-14-16-9-7-8-15(2)10-16/h7-12,23H,6,13-14H2,1-5H3. The maximum atomic E-state index is 6.07. The Bertz CT molecular complexity index is 708. The van der Waals surface area contributed by atoms with Crippen LogP contribution in [0.5, 0.6) is 11.5 Å². The van der Waals surface area contributed by atoms with Gasteiger partial charge in [0.2, 0.25) is 0 Å². The van der Waals surface area contributed by atoms with Crippen molar-refractivity contribution in [1.29, 1.82) is 0 Å². The zero-order valence-electron chi connectivity index (χ0n) is 15.8. The largest absolute Gasteiger partial charge is 0.490 e. The fourth-order valence-corrected chi connectivity index (χ4v) is 3.06. The summed E-state index contributed by atoms with van der Waals surface area (Å²) in [5, 5.41) is 3.50. The molecule has 2 rings (SSSR count). The molecule has 0 aromatic heterocycles. The molecular weight excluding hydrogens is 378 g/mol. The van der Waals surface area contributed by atoms with Crippen LogP contribution in [-0.2, 0) is 13.2 Å². The minimum absolute atomic E-state index is 0.0680. The Morgan fingerprint density at radius 1 is 1.04 bits per heavy atom. The molecule has 0 aliphatic carbocycles. The average molecular weight is 406 g/mol. The van der Waals surface area contributed by atoms with Crippen LogP contribution in [0.4, 0.5) is 0 Å². The van der Waals surface area contributed by atoms with E-state index >= 15 is 0 Å².